The first-order chi connectivity index (χ1) is 28.7. The van der Waals surface area contributed by atoms with Crippen molar-refractivity contribution in [3.63, 3.8) is 0 Å². The molecular weight excluding hydrogens is 737 g/mol. The van der Waals surface area contributed by atoms with Crippen molar-refractivity contribution in [1.82, 2.24) is 31.5 Å². The second kappa shape index (κ2) is 25.3. The van der Waals surface area contributed by atoms with Crippen molar-refractivity contribution in [2.75, 3.05) is 45.8 Å². The summed E-state index contributed by atoms with van der Waals surface area (Å²) in [5, 5.41) is 25.2. The van der Waals surface area contributed by atoms with Crippen LogP contribution < -0.4 is 26.6 Å². The minimum absolute atomic E-state index is 0.0134. The number of likely N-dealkylation sites (tertiary alicyclic amines) is 1. The number of nitrogens with zero attached hydrogens (tertiary/aromatic N) is 1. The van der Waals surface area contributed by atoms with E-state index >= 15 is 0 Å². The number of unbranched alkanes of at least 4 members (excludes halogenated alkanes) is 2. The number of amides is 3. The van der Waals surface area contributed by atoms with Gasteiger partial charge in [-0.1, -0.05) is 97.4 Å². The first kappa shape index (κ1) is 44.0. The summed E-state index contributed by atoms with van der Waals surface area (Å²) in [4.78, 5) is 79.8. The predicted octanol–water partition coefficient (Wildman–Crippen LogP) is 3.48. The Bertz CT molecular complexity index is 1770. The number of β-amino-alcohol motifs (C(OH)–C–C–N with tert-alkyl or cyclic N) is 1. The largest absolute Gasteiger partial charge is 0.391 e. The minimum Gasteiger partial charge on any atom is -0.391 e. The van der Waals surface area contributed by atoms with E-state index in [1.807, 2.05) is 42.5 Å². The van der Waals surface area contributed by atoms with Crippen molar-refractivity contribution in [3.05, 3.63) is 108 Å². The molecule has 13 heteroatoms. The van der Waals surface area contributed by atoms with Crippen molar-refractivity contribution in [2.24, 2.45) is 0 Å². The average molecular weight is 798 g/mol. The first-order valence-corrected chi connectivity index (χ1v) is 20.4. The van der Waals surface area contributed by atoms with Gasteiger partial charge in [-0.3, -0.25) is 34.1 Å². The molecule has 312 valence electrons. The zero-order valence-corrected chi connectivity index (χ0v) is 33.3. The van der Waals surface area contributed by atoms with Crippen molar-refractivity contribution in [1.29, 1.82) is 0 Å². The maximum absolute atomic E-state index is 13.9. The Morgan fingerprint density at radius 2 is 1.16 bits per heavy atom. The lowest BCUT2D eigenvalue weighted by Gasteiger charge is -2.24. The van der Waals surface area contributed by atoms with Crippen LogP contribution in [0.1, 0.15) is 97.1 Å². The normalized spacial score (nSPS) is 16.2. The van der Waals surface area contributed by atoms with Gasteiger partial charge in [0.1, 0.15) is 6.04 Å². The number of carbonyl (C=O) groups is 6. The molecule has 6 N–H and O–H groups in total. The fourth-order valence-electron chi connectivity index (χ4n) is 6.78. The van der Waals surface area contributed by atoms with Gasteiger partial charge in [0.05, 0.1) is 31.8 Å². The van der Waals surface area contributed by atoms with Crippen LogP contribution in [0.3, 0.4) is 0 Å². The molecule has 0 spiro atoms. The molecule has 3 aromatic rings. The second-order valence-electron chi connectivity index (χ2n) is 14.7. The lowest BCUT2D eigenvalue weighted by atomic mass is 10.0. The van der Waals surface area contributed by atoms with Crippen LogP contribution >= 0.6 is 0 Å². The highest BCUT2D eigenvalue weighted by Gasteiger charge is 2.31. The lowest BCUT2D eigenvalue weighted by Crippen LogP contribution is -2.53. The van der Waals surface area contributed by atoms with Crippen LogP contribution in [0.25, 0.3) is 0 Å². The Balaban J connectivity index is 1.32. The topological polar surface area (TPSA) is 186 Å². The zero-order chi connectivity index (χ0) is 42.2. The summed E-state index contributed by atoms with van der Waals surface area (Å²) in [6.07, 6.45) is 3.40. The number of nitrogens with one attached hydrogen (secondary N) is 5. The summed E-state index contributed by atoms with van der Waals surface area (Å²) in [6, 6.07) is 24.8. The minimum atomic E-state index is -0.898. The summed E-state index contributed by atoms with van der Waals surface area (Å²) in [5.41, 5.74) is 1.77. The molecule has 0 aliphatic carbocycles. The van der Waals surface area contributed by atoms with Gasteiger partial charge in [0, 0.05) is 43.6 Å². The number of aliphatic hydroxyl groups is 1. The van der Waals surface area contributed by atoms with E-state index in [-0.39, 0.29) is 75.3 Å². The van der Waals surface area contributed by atoms with Crippen LogP contribution in [0.4, 0.5) is 0 Å². The van der Waals surface area contributed by atoms with Crippen LogP contribution in [-0.2, 0) is 14.4 Å². The van der Waals surface area contributed by atoms with Crippen molar-refractivity contribution < 1.29 is 35.2 Å². The Morgan fingerprint density at radius 3 is 1.67 bits per heavy atom. The summed E-state index contributed by atoms with van der Waals surface area (Å²) < 4.78 is 7.70. The molecular formula is C45H60N6O7. The Labute approximate surface area is 343 Å². The number of carbonyl (C=O) groups excluding carboxylic acids is 6. The van der Waals surface area contributed by atoms with E-state index in [1.54, 1.807) is 53.4 Å². The van der Waals surface area contributed by atoms with Crippen LogP contribution in [0.5, 0.6) is 0 Å². The zero-order valence-electron chi connectivity index (χ0n) is 34.3. The molecule has 1 fully saturated rings. The smallest absolute Gasteiger partial charge is 0.242 e. The molecule has 4 atom stereocenters. The number of aliphatic hydroxyl groups excluding tert-OH is 1. The van der Waals surface area contributed by atoms with Crippen molar-refractivity contribution in [3.8, 4) is 0 Å². The highest BCUT2D eigenvalue weighted by atomic mass is 16.3. The molecule has 4 rings (SSSR count). The van der Waals surface area contributed by atoms with E-state index in [4.69, 9.17) is 1.37 Å². The van der Waals surface area contributed by atoms with E-state index in [9.17, 15) is 33.9 Å². The lowest BCUT2D eigenvalue weighted by molar-refractivity contribution is -0.132. The van der Waals surface area contributed by atoms with Crippen LogP contribution in [0, 0.1) is 0 Å². The fourth-order valence-corrected chi connectivity index (χ4v) is 6.78. The molecule has 2 unspecified atom stereocenters. The molecule has 1 heterocycles. The Morgan fingerprint density at radius 1 is 0.655 bits per heavy atom. The molecule has 0 aromatic heterocycles. The predicted molar refractivity (Wildman–Crippen MR) is 224 cm³/mol. The van der Waals surface area contributed by atoms with Crippen LogP contribution in [0.2, 0.25) is 0 Å². The van der Waals surface area contributed by atoms with Gasteiger partial charge in [-0.05, 0) is 64.9 Å². The maximum Gasteiger partial charge on any atom is 0.242 e. The molecule has 0 radical (unpaired) electrons. The number of benzene rings is 3. The third-order valence-electron chi connectivity index (χ3n) is 10.1. The van der Waals surface area contributed by atoms with Gasteiger partial charge < -0.3 is 31.3 Å². The SMILES string of the molecule is [2H]C[C@@H]1C[C@@H](O)CN1C(=O)CCCNC(=O)C(CCCCNCC(=O)c1ccccc1)NC(=O)C(CCCCNCC(=O)c1ccccc1)NCC(=O)c1ccccc1. The number of rotatable bonds is 27. The molecule has 3 aromatic carbocycles. The fraction of sp³-hybridized carbons (Fsp3) is 0.467. The molecule has 1 aliphatic heterocycles. The molecule has 58 heavy (non-hydrogen) atoms. The molecule has 3 amide bonds. The number of Topliss-reactive ketones (excluding diaryl/α,β-unsaturated/α-hetero) is 3. The molecule has 13 nitrogen and oxygen atoms in total. The van der Waals surface area contributed by atoms with E-state index in [2.05, 4.69) is 26.6 Å². The van der Waals surface area contributed by atoms with Crippen molar-refractivity contribution in [2.45, 2.75) is 88.9 Å². The van der Waals surface area contributed by atoms with Gasteiger partial charge in [0.2, 0.25) is 17.7 Å². The average Bonchev–Trinajstić information content (AvgIpc) is 3.66. The van der Waals surface area contributed by atoms with Gasteiger partial charge in [0.15, 0.2) is 17.3 Å². The Kier molecular flexibility index (Phi) is 19.2. The highest BCUT2D eigenvalue weighted by molar-refractivity contribution is 5.99. The second-order valence-corrected chi connectivity index (χ2v) is 14.7. The van der Waals surface area contributed by atoms with Gasteiger partial charge in [0.25, 0.3) is 0 Å². The maximum atomic E-state index is 13.9. The monoisotopic (exact) mass is 797 g/mol. The third kappa shape index (κ3) is 16.0. The number of ketones is 3. The molecule has 0 bridgehead atoms. The summed E-state index contributed by atoms with van der Waals surface area (Å²) in [7, 11) is 0. The van der Waals surface area contributed by atoms with E-state index in [0.29, 0.717) is 81.1 Å². The first-order valence-electron chi connectivity index (χ1n) is 21.1. The van der Waals surface area contributed by atoms with E-state index in [0.717, 1.165) is 0 Å². The summed E-state index contributed by atoms with van der Waals surface area (Å²) in [5.74, 6) is -1.21. The van der Waals surface area contributed by atoms with Crippen molar-refractivity contribution >= 4 is 35.1 Å². The van der Waals surface area contributed by atoms with Gasteiger partial charge >= 0.3 is 0 Å². The standard InChI is InChI=1S/C45H60N6O7/c1-33-28-37(52)32-51(33)43(56)24-15-27-48-44(57)39(23-12-14-26-47-30-41(54)35-18-7-3-8-19-35)50-45(58)38(49-31-42(55)36-20-9-4-10-21-36)22-11-13-25-46-29-40(53)34-16-5-2-6-17-34/h2-10,16-21,33,37-39,46-47,49,52H,11-15,22-32H2,1H3,(H,48,57)(H,50,58)/t33-,37-,38?,39?/m1/s1/i1D. The van der Waals surface area contributed by atoms with Crippen LogP contribution in [-0.4, -0.2) is 115 Å². The number of hydrogen-bond donors (Lipinski definition) is 6. The van der Waals surface area contributed by atoms with Gasteiger partial charge in [-0.15, -0.1) is 0 Å². The van der Waals surface area contributed by atoms with E-state index in [1.165, 1.54) is 0 Å². The van der Waals surface area contributed by atoms with Crippen LogP contribution in [0.15, 0.2) is 91.0 Å². The summed E-state index contributed by atoms with van der Waals surface area (Å²) in [6.45, 7) is 1.78. The Hall–Kier alpha value is -5.08. The van der Waals surface area contributed by atoms with Gasteiger partial charge in [-0.25, -0.2) is 0 Å². The molecule has 1 saturated heterocycles. The number of hydrogen-bond acceptors (Lipinski definition) is 10. The molecule has 0 saturated carbocycles. The molecule has 1 aliphatic rings. The van der Waals surface area contributed by atoms with Gasteiger partial charge in [-0.2, -0.15) is 0 Å². The third-order valence-corrected chi connectivity index (χ3v) is 10.1. The van der Waals surface area contributed by atoms with E-state index < -0.39 is 30.0 Å². The quantitative estimate of drug-likeness (QED) is 0.0493. The summed E-state index contributed by atoms with van der Waals surface area (Å²) >= 11 is 0. The highest BCUT2D eigenvalue weighted by Crippen LogP contribution is 2.18.